The number of hydrogen-bond acceptors (Lipinski definition) is 0. The Morgan fingerprint density at radius 3 is 2.29 bits per heavy atom. The van der Waals surface area contributed by atoms with Crippen LogP contribution in [0.25, 0.3) is 5.57 Å². The highest BCUT2D eigenvalue weighted by Gasteiger charge is 2.30. The Hall–Kier alpha value is -0.960. The van der Waals surface area contributed by atoms with E-state index in [2.05, 4.69) is 6.58 Å². The summed E-state index contributed by atoms with van der Waals surface area (Å²) in [6.07, 6.45) is -4.35. The van der Waals surface area contributed by atoms with Gasteiger partial charge in [-0.1, -0.05) is 24.2 Å². The lowest BCUT2D eigenvalue weighted by molar-refractivity contribution is -0.137. The topological polar surface area (TPSA) is 0 Å². The molecule has 0 fully saturated rings. The van der Waals surface area contributed by atoms with Crippen molar-refractivity contribution in [2.75, 3.05) is 0 Å². The van der Waals surface area contributed by atoms with Crippen LogP contribution in [0.4, 0.5) is 13.2 Å². The minimum Gasteiger partial charge on any atom is -0.166 e. The molecule has 0 saturated carbocycles. The molecule has 0 aliphatic heterocycles. The van der Waals surface area contributed by atoms with Gasteiger partial charge in [0.2, 0.25) is 0 Å². The Bertz CT molecular complexity index is 366. The standard InChI is InChI=1S/C10H8ClF3/c1-6(2)8-4-3-7(5-9(8)11)10(12,13)14/h3-5H,1H2,2H3. The van der Waals surface area contributed by atoms with Crippen molar-refractivity contribution in [3.05, 3.63) is 40.9 Å². The van der Waals surface area contributed by atoms with Gasteiger partial charge in [-0.25, -0.2) is 0 Å². The molecular formula is C10H8ClF3. The van der Waals surface area contributed by atoms with Crippen LogP contribution < -0.4 is 0 Å². The van der Waals surface area contributed by atoms with Crippen LogP contribution in [-0.2, 0) is 6.18 Å². The molecule has 0 saturated heterocycles. The summed E-state index contributed by atoms with van der Waals surface area (Å²) in [6.45, 7) is 5.30. The van der Waals surface area contributed by atoms with Crippen molar-refractivity contribution < 1.29 is 13.2 Å². The van der Waals surface area contributed by atoms with Crippen LogP contribution in [0, 0.1) is 0 Å². The van der Waals surface area contributed by atoms with Crippen molar-refractivity contribution in [2.24, 2.45) is 0 Å². The maximum atomic E-state index is 12.2. The summed E-state index contributed by atoms with van der Waals surface area (Å²) in [4.78, 5) is 0. The van der Waals surface area contributed by atoms with E-state index >= 15 is 0 Å². The predicted molar refractivity (Wildman–Crippen MR) is 51.2 cm³/mol. The zero-order valence-corrected chi connectivity index (χ0v) is 8.21. The van der Waals surface area contributed by atoms with Crippen LogP contribution in [-0.4, -0.2) is 0 Å². The second-order valence-electron chi connectivity index (χ2n) is 2.97. The highest BCUT2D eigenvalue weighted by molar-refractivity contribution is 6.32. The molecule has 0 aliphatic carbocycles. The third-order valence-electron chi connectivity index (χ3n) is 1.76. The molecule has 14 heavy (non-hydrogen) atoms. The number of hydrogen-bond donors (Lipinski definition) is 0. The van der Waals surface area contributed by atoms with Gasteiger partial charge in [-0.15, -0.1) is 0 Å². The fourth-order valence-electron chi connectivity index (χ4n) is 1.04. The van der Waals surface area contributed by atoms with E-state index in [-0.39, 0.29) is 5.02 Å². The van der Waals surface area contributed by atoms with Crippen molar-refractivity contribution in [3.63, 3.8) is 0 Å². The molecule has 0 radical (unpaired) electrons. The van der Waals surface area contributed by atoms with Crippen molar-refractivity contribution in [2.45, 2.75) is 13.1 Å². The first kappa shape index (κ1) is 11.1. The second kappa shape index (κ2) is 3.65. The van der Waals surface area contributed by atoms with Crippen LogP contribution in [0.2, 0.25) is 5.02 Å². The molecule has 1 aromatic carbocycles. The van der Waals surface area contributed by atoms with Gasteiger partial charge in [0, 0.05) is 5.02 Å². The van der Waals surface area contributed by atoms with Crippen molar-refractivity contribution >= 4 is 17.2 Å². The third kappa shape index (κ3) is 2.29. The third-order valence-corrected chi connectivity index (χ3v) is 2.07. The molecule has 0 atom stereocenters. The summed E-state index contributed by atoms with van der Waals surface area (Å²) in [6, 6.07) is 3.23. The van der Waals surface area contributed by atoms with Gasteiger partial charge in [-0.05, 0) is 30.2 Å². The van der Waals surface area contributed by atoms with E-state index in [0.717, 1.165) is 12.1 Å². The summed E-state index contributed by atoms with van der Waals surface area (Å²) in [7, 11) is 0. The van der Waals surface area contributed by atoms with E-state index in [0.29, 0.717) is 11.1 Å². The Morgan fingerprint density at radius 1 is 1.36 bits per heavy atom. The van der Waals surface area contributed by atoms with Gasteiger partial charge in [0.1, 0.15) is 0 Å². The molecule has 0 amide bonds. The van der Waals surface area contributed by atoms with Gasteiger partial charge < -0.3 is 0 Å². The van der Waals surface area contributed by atoms with Crippen LogP contribution in [0.5, 0.6) is 0 Å². The monoisotopic (exact) mass is 220 g/mol. The molecule has 0 heterocycles. The minimum atomic E-state index is -4.35. The Kier molecular flexibility index (Phi) is 2.90. The molecule has 0 bridgehead atoms. The molecule has 1 rings (SSSR count). The van der Waals surface area contributed by atoms with E-state index in [1.54, 1.807) is 6.92 Å². The molecule has 0 nitrogen and oxygen atoms in total. The molecule has 0 N–H and O–H groups in total. The largest absolute Gasteiger partial charge is 0.416 e. The molecule has 76 valence electrons. The van der Waals surface area contributed by atoms with Gasteiger partial charge in [0.15, 0.2) is 0 Å². The minimum absolute atomic E-state index is 0.0762. The Balaban J connectivity index is 3.20. The fourth-order valence-corrected chi connectivity index (χ4v) is 1.38. The van der Waals surface area contributed by atoms with Gasteiger partial charge in [0.05, 0.1) is 5.56 Å². The van der Waals surface area contributed by atoms with Gasteiger partial charge >= 0.3 is 6.18 Å². The summed E-state index contributed by atoms with van der Waals surface area (Å²) in [5.41, 5.74) is 0.441. The number of alkyl halides is 3. The summed E-state index contributed by atoms with van der Waals surface area (Å²) >= 11 is 5.67. The average Bonchev–Trinajstić information content (AvgIpc) is 2.01. The zero-order valence-electron chi connectivity index (χ0n) is 7.45. The van der Waals surface area contributed by atoms with E-state index in [9.17, 15) is 13.2 Å². The Morgan fingerprint density at radius 2 is 1.93 bits per heavy atom. The highest BCUT2D eigenvalue weighted by Crippen LogP contribution is 2.33. The lowest BCUT2D eigenvalue weighted by Crippen LogP contribution is -2.04. The van der Waals surface area contributed by atoms with Crippen molar-refractivity contribution in [1.82, 2.24) is 0 Å². The predicted octanol–water partition coefficient (Wildman–Crippen LogP) is 4.39. The van der Waals surface area contributed by atoms with Crippen molar-refractivity contribution in [1.29, 1.82) is 0 Å². The molecule has 1 aromatic rings. The van der Waals surface area contributed by atoms with E-state index in [4.69, 9.17) is 11.6 Å². The summed E-state index contributed by atoms with van der Waals surface area (Å²) in [5, 5.41) is 0.0762. The molecular weight excluding hydrogens is 213 g/mol. The summed E-state index contributed by atoms with van der Waals surface area (Å²) in [5.74, 6) is 0. The number of allylic oxidation sites excluding steroid dienone is 1. The lowest BCUT2D eigenvalue weighted by Gasteiger charge is -2.09. The molecule has 0 aromatic heterocycles. The smallest absolute Gasteiger partial charge is 0.166 e. The maximum absolute atomic E-state index is 12.2. The van der Waals surface area contributed by atoms with E-state index in [1.807, 2.05) is 0 Å². The normalized spacial score (nSPS) is 11.5. The molecule has 0 unspecified atom stereocenters. The maximum Gasteiger partial charge on any atom is 0.416 e. The van der Waals surface area contributed by atoms with Crippen LogP contribution in [0.15, 0.2) is 24.8 Å². The first-order valence-electron chi connectivity index (χ1n) is 3.85. The average molecular weight is 221 g/mol. The van der Waals surface area contributed by atoms with Crippen molar-refractivity contribution in [3.8, 4) is 0 Å². The SMILES string of the molecule is C=C(C)c1ccc(C(F)(F)F)cc1Cl. The summed E-state index contributed by atoms with van der Waals surface area (Å²) < 4.78 is 36.7. The van der Waals surface area contributed by atoms with Gasteiger partial charge in [0.25, 0.3) is 0 Å². The molecule has 0 aliphatic rings. The lowest BCUT2D eigenvalue weighted by atomic mass is 10.1. The Labute approximate surface area is 85.0 Å². The highest BCUT2D eigenvalue weighted by atomic mass is 35.5. The number of rotatable bonds is 1. The second-order valence-corrected chi connectivity index (χ2v) is 3.38. The number of halogens is 4. The van der Waals surface area contributed by atoms with Gasteiger partial charge in [-0.3, -0.25) is 0 Å². The van der Waals surface area contributed by atoms with Crippen LogP contribution in [0.1, 0.15) is 18.1 Å². The van der Waals surface area contributed by atoms with Crippen LogP contribution in [0.3, 0.4) is 0 Å². The first-order chi connectivity index (χ1) is 6.32. The number of benzene rings is 1. The van der Waals surface area contributed by atoms with Gasteiger partial charge in [-0.2, -0.15) is 13.2 Å². The van der Waals surface area contributed by atoms with E-state index < -0.39 is 11.7 Å². The fraction of sp³-hybridized carbons (Fsp3) is 0.200. The van der Waals surface area contributed by atoms with E-state index in [1.165, 1.54) is 6.07 Å². The molecule has 4 heteroatoms. The first-order valence-corrected chi connectivity index (χ1v) is 4.23. The molecule has 0 spiro atoms. The van der Waals surface area contributed by atoms with Crippen LogP contribution >= 0.6 is 11.6 Å². The quantitative estimate of drug-likeness (QED) is 0.658. The zero-order chi connectivity index (χ0) is 10.9.